The highest BCUT2D eigenvalue weighted by Gasteiger charge is 2.17. The zero-order valence-corrected chi connectivity index (χ0v) is 11.9. The van der Waals surface area contributed by atoms with Crippen molar-refractivity contribution < 1.29 is 4.79 Å². The van der Waals surface area contributed by atoms with Crippen LogP contribution in [-0.2, 0) is 0 Å². The van der Waals surface area contributed by atoms with Gasteiger partial charge in [0.05, 0.1) is 0 Å². The number of pyridine rings is 1. The average molecular weight is 292 g/mol. The molecule has 0 unspecified atom stereocenters. The van der Waals surface area contributed by atoms with Gasteiger partial charge in [-0.15, -0.1) is 24.8 Å². The summed E-state index contributed by atoms with van der Waals surface area (Å²) < 4.78 is 0. The van der Waals surface area contributed by atoms with E-state index in [9.17, 15) is 4.79 Å². The molecule has 2 N–H and O–H groups in total. The first-order valence-electron chi connectivity index (χ1n) is 5.70. The third-order valence-electron chi connectivity index (χ3n) is 2.90. The van der Waals surface area contributed by atoms with E-state index in [0.29, 0.717) is 5.69 Å². The van der Waals surface area contributed by atoms with E-state index in [4.69, 9.17) is 0 Å². The molecule has 0 saturated carbocycles. The molecule has 0 spiro atoms. The van der Waals surface area contributed by atoms with Crippen LogP contribution in [0.3, 0.4) is 0 Å². The molecule has 4 nitrogen and oxygen atoms in total. The van der Waals surface area contributed by atoms with Crippen LogP contribution in [0.25, 0.3) is 0 Å². The topological polar surface area (TPSA) is 54.0 Å². The van der Waals surface area contributed by atoms with Crippen LogP contribution >= 0.6 is 24.8 Å². The predicted molar refractivity (Wildman–Crippen MR) is 76.8 cm³/mol. The minimum atomic E-state index is -0.0509. The molecule has 0 aliphatic carbocycles. The smallest absolute Gasteiger partial charge is 0.270 e. The number of aryl methyl sites for hydroxylation is 1. The number of carbonyl (C=O) groups is 1. The van der Waals surface area contributed by atoms with E-state index < -0.39 is 0 Å². The molecular weight excluding hydrogens is 273 g/mol. The standard InChI is InChI=1S/C12H17N3O.2ClH/c1-9-3-2-6-14-11(9)12(16)15-10-4-7-13-8-5-10;;/h2-3,6,10,13H,4-5,7-8H2,1H3,(H,15,16);2*1H. The van der Waals surface area contributed by atoms with Gasteiger partial charge in [-0.2, -0.15) is 0 Å². The summed E-state index contributed by atoms with van der Waals surface area (Å²) in [6.07, 6.45) is 3.65. The first kappa shape index (κ1) is 17.2. The Morgan fingerprint density at radius 3 is 2.67 bits per heavy atom. The number of carbonyl (C=O) groups excluding carboxylic acids is 1. The van der Waals surface area contributed by atoms with Crippen molar-refractivity contribution in [3.05, 3.63) is 29.6 Å². The maximum Gasteiger partial charge on any atom is 0.270 e. The Labute approximate surface area is 120 Å². The molecule has 6 heteroatoms. The number of nitrogens with zero attached hydrogens (tertiary/aromatic N) is 1. The van der Waals surface area contributed by atoms with Crippen LogP contribution in [0.5, 0.6) is 0 Å². The summed E-state index contributed by atoms with van der Waals surface area (Å²) in [7, 11) is 0. The molecule has 2 rings (SSSR count). The SMILES string of the molecule is Cc1cccnc1C(=O)NC1CCNCC1.Cl.Cl. The number of nitrogens with one attached hydrogen (secondary N) is 2. The van der Waals surface area contributed by atoms with Gasteiger partial charge in [0.25, 0.3) is 5.91 Å². The molecule has 1 saturated heterocycles. The summed E-state index contributed by atoms with van der Waals surface area (Å²) in [6.45, 7) is 3.86. The van der Waals surface area contributed by atoms with Gasteiger partial charge in [-0.3, -0.25) is 9.78 Å². The van der Waals surface area contributed by atoms with Crippen molar-refractivity contribution in [2.24, 2.45) is 0 Å². The van der Waals surface area contributed by atoms with Gasteiger partial charge in [-0.25, -0.2) is 0 Å². The van der Waals surface area contributed by atoms with Crippen molar-refractivity contribution >= 4 is 30.7 Å². The van der Waals surface area contributed by atoms with E-state index in [-0.39, 0.29) is 36.8 Å². The Morgan fingerprint density at radius 2 is 2.06 bits per heavy atom. The Hall–Kier alpha value is -0.840. The van der Waals surface area contributed by atoms with Gasteiger partial charge in [-0.05, 0) is 44.5 Å². The summed E-state index contributed by atoms with van der Waals surface area (Å²) in [4.78, 5) is 16.1. The summed E-state index contributed by atoms with van der Waals surface area (Å²) in [5, 5.41) is 6.31. The Balaban J connectivity index is 0.00000144. The van der Waals surface area contributed by atoms with Crippen LogP contribution < -0.4 is 10.6 Å². The van der Waals surface area contributed by atoms with Crippen LogP contribution in [0.1, 0.15) is 28.9 Å². The number of piperidine rings is 1. The Kier molecular flexibility index (Phi) is 7.91. The Bertz CT molecular complexity index is 381. The lowest BCUT2D eigenvalue weighted by atomic mass is 10.1. The normalized spacial score (nSPS) is 15.2. The number of amides is 1. The van der Waals surface area contributed by atoms with E-state index in [1.807, 2.05) is 19.1 Å². The summed E-state index contributed by atoms with van der Waals surface area (Å²) in [5.74, 6) is -0.0509. The molecule has 0 atom stereocenters. The highest BCUT2D eigenvalue weighted by atomic mass is 35.5. The highest BCUT2D eigenvalue weighted by molar-refractivity contribution is 5.93. The lowest BCUT2D eigenvalue weighted by Crippen LogP contribution is -2.43. The number of rotatable bonds is 2. The molecule has 1 aliphatic rings. The molecule has 102 valence electrons. The first-order chi connectivity index (χ1) is 7.77. The number of aromatic nitrogens is 1. The molecule has 1 fully saturated rings. The van der Waals surface area contributed by atoms with Crippen molar-refractivity contribution in [1.29, 1.82) is 0 Å². The number of halogens is 2. The van der Waals surface area contributed by atoms with E-state index in [0.717, 1.165) is 31.5 Å². The lowest BCUT2D eigenvalue weighted by molar-refractivity contribution is 0.0924. The van der Waals surface area contributed by atoms with Crippen molar-refractivity contribution in [1.82, 2.24) is 15.6 Å². The van der Waals surface area contributed by atoms with Crippen LogP contribution in [0.2, 0.25) is 0 Å². The molecule has 0 radical (unpaired) electrons. The molecule has 0 aromatic carbocycles. The number of hydrogen-bond donors (Lipinski definition) is 2. The second kappa shape index (κ2) is 8.29. The number of hydrogen-bond acceptors (Lipinski definition) is 3. The molecule has 18 heavy (non-hydrogen) atoms. The Morgan fingerprint density at radius 1 is 1.39 bits per heavy atom. The first-order valence-corrected chi connectivity index (χ1v) is 5.70. The van der Waals surface area contributed by atoms with Crippen LogP contribution in [0.15, 0.2) is 18.3 Å². The molecular formula is C12H19Cl2N3O. The van der Waals surface area contributed by atoms with E-state index in [1.54, 1.807) is 6.20 Å². The van der Waals surface area contributed by atoms with Gasteiger partial charge in [0.1, 0.15) is 5.69 Å². The molecule has 1 amide bonds. The average Bonchev–Trinajstić information content (AvgIpc) is 2.31. The molecule has 1 aromatic rings. The monoisotopic (exact) mass is 291 g/mol. The van der Waals surface area contributed by atoms with Gasteiger partial charge in [0, 0.05) is 12.2 Å². The molecule has 0 bridgehead atoms. The fraction of sp³-hybridized carbons (Fsp3) is 0.500. The maximum absolute atomic E-state index is 11.9. The molecule has 2 heterocycles. The van der Waals surface area contributed by atoms with Gasteiger partial charge in [0.2, 0.25) is 0 Å². The second-order valence-electron chi connectivity index (χ2n) is 4.17. The van der Waals surface area contributed by atoms with E-state index in [1.165, 1.54) is 0 Å². The van der Waals surface area contributed by atoms with Gasteiger partial charge in [-0.1, -0.05) is 6.07 Å². The third-order valence-corrected chi connectivity index (χ3v) is 2.90. The largest absolute Gasteiger partial charge is 0.348 e. The van der Waals surface area contributed by atoms with Gasteiger partial charge in [0.15, 0.2) is 0 Å². The summed E-state index contributed by atoms with van der Waals surface area (Å²) in [6, 6.07) is 4.04. The van der Waals surface area contributed by atoms with Crippen molar-refractivity contribution in [2.45, 2.75) is 25.8 Å². The minimum absolute atomic E-state index is 0. The maximum atomic E-state index is 11.9. The minimum Gasteiger partial charge on any atom is -0.348 e. The highest BCUT2D eigenvalue weighted by Crippen LogP contribution is 2.06. The zero-order chi connectivity index (χ0) is 11.4. The van der Waals surface area contributed by atoms with Gasteiger partial charge >= 0.3 is 0 Å². The summed E-state index contributed by atoms with van der Waals surface area (Å²) >= 11 is 0. The van der Waals surface area contributed by atoms with Gasteiger partial charge < -0.3 is 10.6 Å². The molecule has 1 aliphatic heterocycles. The lowest BCUT2D eigenvalue weighted by Gasteiger charge is -2.23. The summed E-state index contributed by atoms with van der Waals surface area (Å²) in [5.41, 5.74) is 1.47. The van der Waals surface area contributed by atoms with Crippen LogP contribution in [0.4, 0.5) is 0 Å². The van der Waals surface area contributed by atoms with Crippen LogP contribution in [-0.4, -0.2) is 30.0 Å². The van der Waals surface area contributed by atoms with Crippen molar-refractivity contribution in [2.75, 3.05) is 13.1 Å². The zero-order valence-electron chi connectivity index (χ0n) is 10.3. The van der Waals surface area contributed by atoms with Crippen molar-refractivity contribution in [3.8, 4) is 0 Å². The second-order valence-corrected chi connectivity index (χ2v) is 4.17. The fourth-order valence-electron chi connectivity index (χ4n) is 1.94. The third kappa shape index (κ3) is 4.44. The predicted octanol–water partition coefficient (Wildman–Crippen LogP) is 1.72. The fourth-order valence-corrected chi connectivity index (χ4v) is 1.94. The van der Waals surface area contributed by atoms with Crippen molar-refractivity contribution in [3.63, 3.8) is 0 Å². The van der Waals surface area contributed by atoms with E-state index in [2.05, 4.69) is 15.6 Å². The quantitative estimate of drug-likeness (QED) is 0.872. The van der Waals surface area contributed by atoms with E-state index >= 15 is 0 Å². The molecule has 1 aromatic heterocycles. The van der Waals surface area contributed by atoms with Crippen LogP contribution in [0, 0.1) is 6.92 Å².